The Morgan fingerprint density at radius 3 is 2.55 bits per heavy atom. The van der Waals surface area contributed by atoms with Crippen LogP contribution in [0.4, 0.5) is 33.6 Å². The van der Waals surface area contributed by atoms with Crippen LogP contribution in [0.1, 0.15) is 36.5 Å². The van der Waals surface area contributed by atoms with E-state index in [0.29, 0.717) is 23.4 Å². The molecule has 1 aromatic heterocycles. The highest BCUT2D eigenvalue weighted by Crippen LogP contribution is 2.41. The molecule has 10 nitrogen and oxygen atoms in total. The molecule has 260 valence electrons. The number of anilines is 2. The van der Waals surface area contributed by atoms with E-state index in [1.807, 2.05) is 0 Å². The number of aliphatic hydroxyl groups excluding tert-OH is 1. The van der Waals surface area contributed by atoms with Gasteiger partial charge in [-0.3, -0.25) is 4.72 Å². The summed E-state index contributed by atoms with van der Waals surface area (Å²) in [5.41, 5.74) is -0.493. The van der Waals surface area contributed by atoms with Gasteiger partial charge in [0.05, 0.1) is 28.3 Å². The van der Waals surface area contributed by atoms with Gasteiger partial charge in [0.2, 0.25) is 5.95 Å². The van der Waals surface area contributed by atoms with Crippen molar-refractivity contribution in [3.63, 3.8) is 0 Å². The number of esters is 1. The van der Waals surface area contributed by atoms with Crippen LogP contribution in [-0.2, 0) is 26.0 Å². The van der Waals surface area contributed by atoms with Gasteiger partial charge >= 0.3 is 12.1 Å². The Kier molecular flexibility index (Phi) is 9.68. The average Bonchev–Trinajstić information content (AvgIpc) is 3.44. The van der Waals surface area contributed by atoms with Gasteiger partial charge in [-0.25, -0.2) is 32.0 Å². The Bertz CT molecular complexity index is 2030. The lowest BCUT2D eigenvalue weighted by molar-refractivity contribution is -0.205. The standard InChI is InChI=1S/C32H29ClF5N5O5S/c33-19-14-22-21(2-6-26(22)48-30(45)32(36,37)38)27(15-19)49(46,47)42-25-5-3-23(34)28(29(25)35)17-1-4-24-18(13-17)16-39-31(41-24)40-20-7-9-43(10-8-20)11-12-44/h1,3-5,13-16,20,26,42,44H,2,6-12H2,(H,39,40,41)/t26-/m1/s1. The van der Waals surface area contributed by atoms with Gasteiger partial charge in [-0.1, -0.05) is 17.7 Å². The predicted molar refractivity (Wildman–Crippen MR) is 171 cm³/mol. The van der Waals surface area contributed by atoms with E-state index in [-0.39, 0.29) is 47.2 Å². The first-order valence-electron chi connectivity index (χ1n) is 15.2. The number of halogens is 6. The van der Waals surface area contributed by atoms with Crippen molar-refractivity contribution in [1.82, 2.24) is 14.9 Å². The largest absolute Gasteiger partial charge is 0.490 e. The van der Waals surface area contributed by atoms with Crippen LogP contribution in [0, 0.1) is 11.6 Å². The topological polar surface area (TPSA) is 134 Å². The van der Waals surface area contributed by atoms with Gasteiger partial charge in [0, 0.05) is 42.3 Å². The number of aliphatic hydroxyl groups is 1. The molecule has 2 aliphatic rings. The Balaban J connectivity index is 1.24. The summed E-state index contributed by atoms with van der Waals surface area (Å²) in [7, 11) is -4.63. The van der Waals surface area contributed by atoms with Crippen molar-refractivity contribution in [2.75, 3.05) is 36.3 Å². The number of ether oxygens (including phenoxy) is 1. The molecule has 2 heterocycles. The van der Waals surface area contributed by atoms with E-state index in [2.05, 4.69) is 29.6 Å². The van der Waals surface area contributed by atoms with Crippen molar-refractivity contribution in [2.45, 2.75) is 48.9 Å². The number of rotatable bonds is 9. The fourth-order valence-corrected chi connectivity index (χ4v) is 7.83. The van der Waals surface area contributed by atoms with E-state index < -0.39 is 56.1 Å². The summed E-state index contributed by atoms with van der Waals surface area (Å²) in [4.78, 5) is 22.0. The molecule has 1 saturated heterocycles. The van der Waals surface area contributed by atoms with Gasteiger partial charge in [-0.15, -0.1) is 0 Å². The number of sulfonamides is 1. The Morgan fingerprint density at radius 1 is 1.08 bits per heavy atom. The maximum atomic E-state index is 15.9. The minimum Gasteiger partial charge on any atom is -0.451 e. The smallest absolute Gasteiger partial charge is 0.451 e. The first kappa shape index (κ1) is 34.7. The first-order chi connectivity index (χ1) is 23.2. The molecule has 49 heavy (non-hydrogen) atoms. The summed E-state index contributed by atoms with van der Waals surface area (Å²) >= 11 is 6.11. The monoisotopic (exact) mass is 725 g/mol. The van der Waals surface area contributed by atoms with Gasteiger partial charge in [-0.05, 0) is 78.8 Å². The molecule has 1 fully saturated rings. The summed E-state index contributed by atoms with van der Waals surface area (Å²) in [5.74, 6) is -4.22. The molecule has 0 amide bonds. The predicted octanol–water partition coefficient (Wildman–Crippen LogP) is 5.99. The number of β-amino-alcohol motifs (C(OH)–C–C–N with tert-alkyl or cyclic N) is 1. The molecule has 1 atom stereocenters. The molecule has 3 N–H and O–H groups in total. The molecule has 17 heteroatoms. The zero-order valence-electron chi connectivity index (χ0n) is 25.5. The number of hydrogen-bond acceptors (Lipinski definition) is 9. The van der Waals surface area contributed by atoms with E-state index in [1.54, 1.807) is 6.07 Å². The number of benzene rings is 3. The zero-order valence-corrected chi connectivity index (χ0v) is 27.1. The van der Waals surface area contributed by atoms with Crippen molar-refractivity contribution in [3.8, 4) is 11.1 Å². The van der Waals surface area contributed by atoms with Crippen LogP contribution in [0.5, 0.6) is 0 Å². The lowest BCUT2D eigenvalue weighted by Gasteiger charge is -2.31. The van der Waals surface area contributed by atoms with Crippen LogP contribution < -0.4 is 10.0 Å². The van der Waals surface area contributed by atoms with Gasteiger partial charge in [0.1, 0.15) is 11.9 Å². The van der Waals surface area contributed by atoms with Gasteiger partial charge < -0.3 is 20.1 Å². The third-order valence-corrected chi connectivity index (χ3v) is 10.2. The second-order valence-electron chi connectivity index (χ2n) is 11.7. The van der Waals surface area contributed by atoms with Crippen LogP contribution in [0.15, 0.2) is 53.6 Å². The fraction of sp³-hybridized carbons (Fsp3) is 0.344. The number of alkyl halides is 3. The third-order valence-electron chi connectivity index (χ3n) is 8.52. The Hall–Kier alpha value is -4.12. The number of aromatic nitrogens is 2. The molecule has 0 unspecified atom stereocenters. The third kappa shape index (κ3) is 7.41. The van der Waals surface area contributed by atoms with E-state index in [4.69, 9.17) is 16.7 Å². The minimum atomic E-state index is -5.26. The molecular formula is C32H29ClF5N5O5S. The summed E-state index contributed by atoms with van der Waals surface area (Å²) in [6.07, 6.45) is -3.67. The number of fused-ring (bicyclic) bond motifs is 2. The summed E-state index contributed by atoms with van der Waals surface area (Å²) in [6.45, 7) is 2.38. The van der Waals surface area contributed by atoms with E-state index in [9.17, 15) is 26.4 Å². The molecular weight excluding hydrogens is 697 g/mol. The summed E-state index contributed by atoms with van der Waals surface area (Å²) in [6, 6.07) is 8.67. The normalized spacial score (nSPS) is 17.2. The van der Waals surface area contributed by atoms with Crippen LogP contribution >= 0.6 is 11.6 Å². The molecule has 1 aliphatic carbocycles. The number of carbonyl (C=O) groups is 1. The molecule has 0 saturated carbocycles. The Morgan fingerprint density at radius 2 is 1.84 bits per heavy atom. The van der Waals surface area contributed by atoms with Gasteiger partial charge in [0.25, 0.3) is 10.0 Å². The van der Waals surface area contributed by atoms with E-state index in [1.165, 1.54) is 24.4 Å². The number of nitrogens with one attached hydrogen (secondary N) is 2. The summed E-state index contributed by atoms with van der Waals surface area (Å²) < 4.78 is 103. The minimum absolute atomic E-state index is 0.0223. The highest BCUT2D eigenvalue weighted by Gasteiger charge is 2.44. The maximum Gasteiger partial charge on any atom is 0.490 e. The quantitative estimate of drug-likeness (QED) is 0.141. The fourth-order valence-electron chi connectivity index (χ4n) is 6.15. The second-order valence-corrected chi connectivity index (χ2v) is 13.8. The SMILES string of the molecule is O=C(O[C@@H]1CCc2c1cc(Cl)cc2S(=O)(=O)Nc1ccc(F)c(-c2ccc3nc(NC4CCN(CCO)CC4)ncc3c2)c1F)C(F)(F)F. The number of piperidine rings is 1. The van der Waals surface area contributed by atoms with E-state index >= 15 is 8.78 Å². The molecule has 3 aromatic carbocycles. The van der Waals surface area contributed by atoms with Crippen molar-refractivity contribution in [2.24, 2.45) is 0 Å². The molecule has 0 spiro atoms. The number of carbonyl (C=O) groups excluding carboxylic acids is 1. The van der Waals surface area contributed by atoms with Crippen LogP contribution in [0.25, 0.3) is 22.0 Å². The highest BCUT2D eigenvalue weighted by molar-refractivity contribution is 7.92. The molecule has 0 bridgehead atoms. The van der Waals surface area contributed by atoms with Crippen LogP contribution in [0.2, 0.25) is 5.02 Å². The number of likely N-dealkylation sites (tertiary alicyclic amines) is 1. The second kappa shape index (κ2) is 13.7. The molecule has 6 rings (SSSR count). The first-order valence-corrected chi connectivity index (χ1v) is 17.1. The molecule has 4 aromatic rings. The van der Waals surface area contributed by atoms with Crippen molar-refractivity contribution >= 4 is 50.1 Å². The van der Waals surface area contributed by atoms with E-state index in [0.717, 1.165) is 44.1 Å². The van der Waals surface area contributed by atoms with Crippen molar-refractivity contribution in [1.29, 1.82) is 0 Å². The van der Waals surface area contributed by atoms with Crippen LogP contribution in [-0.4, -0.2) is 72.8 Å². The van der Waals surface area contributed by atoms with Crippen molar-refractivity contribution in [3.05, 3.63) is 76.4 Å². The van der Waals surface area contributed by atoms with Gasteiger partial charge in [-0.2, -0.15) is 13.2 Å². The average molecular weight is 726 g/mol. The molecule has 1 aliphatic heterocycles. The lowest BCUT2D eigenvalue weighted by Crippen LogP contribution is -2.40. The maximum absolute atomic E-state index is 15.9. The number of hydrogen-bond donors (Lipinski definition) is 3. The van der Waals surface area contributed by atoms with Crippen molar-refractivity contribution < 1.29 is 45.0 Å². The lowest BCUT2D eigenvalue weighted by atomic mass is 10.0. The zero-order chi connectivity index (χ0) is 35.1. The summed E-state index contributed by atoms with van der Waals surface area (Å²) in [5, 5.41) is 12.7. The van der Waals surface area contributed by atoms with Crippen LogP contribution in [0.3, 0.4) is 0 Å². The Labute approximate surface area is 282 Å². The number of nitrogens with zero attached hydrogens (tertiary/aromatic N) is 3. The highest BCUT2D eigenvalue weighted by atomic mass is 35.5. The molecule has 0 radical (unpaired) electrons. The van der Waals surface area contributed by atoms with Gasteiger partial charge in [0.15, 0.2) is 5.82 Å².